The van der Waals surface area contributed by atoms with Gasteiger partial charge >= 0.3 is 0 Å². The van der Waals surface area contributed by atoms with Crippen LogP contribution in [0, 0.1) is 0 Å². The van der Waals surface area contributed by atoms with Gasteiger partial charge in [-0.15, -0.1) is 0 Å². The van der Waals surface area contributed by atoms with Crippen LogP contribution in [0.1, 0.15) is 12.0 Å². The fourth-order valence-electron chi connectivity index (χ4n) is 1.50. The molecule has 1 aromatic carbocycles. The zero-order valence-corrected chi connectivity index (χ0v) is 7.61. The molecular formula is C11H14N2. The van der Waals surface area contributed by atoms with Gasteiger partial charge in [-0.25, -0.2) is 0 Å². The van der Waals surface area contributed by atoms with E-state index in [9.17, 15) is 0 Å². The van der Waals surface area contributed by atoms with Gasteiger partial charge in [0, 0.05) is 12.8 Å². The summed E-state index contributed by atoms with van der Waals surface area (Å²) in [7, 11) is 0. The monoisotopic (exact) mass is 174 g/mol. The Balaban J connectivity index is 1.97. The van der Waals surface area contributed by atoms with Crippen LogP contribution in [-0.2, 0) is 0 Å². The van der Waals surface area contributed by atoms with Crippen molar-refractivity contribution in [2.45, 2.75) is 12.5 Å². The standard InChI is InChI=1S/C11H14N2/c1-2-4-10(5-3-1)8-13-11-6-7-12-9-11/h1-5,8,11-12H,6-7,9H2/b13-8+. The Labute approximate surface area is 78.7 Å². The summed E-state index contributed by atoms with van der Waals surface area (Å²) in [4.78, 5) is 4.51. The van der Waals surface area contributed by atoms with Gasteiger partial charge in [0.2, 0.25) is 0 Å². The van der Waals surface area contributed by atoms with Crippen LogP contribution in [0.15, 0.2) is 35.3 Å². The van der Waals surface area contributed by atoms with Crippen LogP contribution in [0.2, 0.25) is 0 Å². The Morgan fingerprint density at radius 1 is 1.31 bits per heavy atom. The van der Waals surface area contributed by atoms with E-state index in [2.05, 4.69) is 22.4 Å². The van der Waals surface area contributed by atoms with E-state index < -0.39 is 0 Å². The second-order valence-electron chi connectivity index (χ2n) is 3.34. The van der Waals surface area contributed by atoms with Crippen molar-refractivity contribution in [3.8, 4) is 0 Å². The zero-order chi connectivity index (χ0) is 8.93. The number of rotatable bonds is 2. The lowest BCUT2D eigenvalue weighted by atomic mass is 10.2. The molecule has 0 aromatic heterocycles. The molecule has 0 spiro atoms. The lowest BCUT2D eigenvalue weighted by Crippen LogP contribution is -2.11. The number of nitrogens with one attached hydrogen (secondary N) is 1. The van der Waals surface area contributed by atoms with E-state index in [1.807, 2.05) is 24.4 Å². The smallest absolute Gasteiger partial charge is 0.0636 e. The molecule has 1 heterocycles. The van der Waals surface area contributed by atoms with E-state index in [0.29, 0.717) is 6.04 Å². The van der Waals surface area contributed by atoms with Crippen molar-refractivity contribution >= 4 is 6.21 Å². The number of aliphatic imine (C=N–C) groups is 1. The van der Waals surface area contributed by atoms with Gasteiger partial charge in [-0.2, -0.15) is 0 Å². The van der Waals surface area contributed by atoms with E-state index in [-0.39, 0.29) is 0 Å². The SMILES string of the molecule is C(=N\C1CCNC1)/c1ccccc1. The first-order valence-corrected chi connectivity index (χ1v) is 4.74. The molecule has 0 amide bonds. The third kappa shape index (κ3) is 2.39. The Morgan fingerprint density at radius 3 is 2.85 bits per heavy atom. The van der Waals surface area contributed by atoms with Gasteiger partial charge in [-0.05, 0) is 18.5 Å². The molecule has 0 saturated carbocycles. The lowest BCUT2D eigenvalue weighted by molar-refractivity contribution is 0.748. The molecule has 1 saturated heterocycles. The predicted molar refractivity (Wildman–Crippen MR) is 55.3 cm³/mol. The van der Waals surface area contributed by atoms with Crippen molar-refractivity contribution in [3.63, 3.8) is 0 Å². The number of hydrogen-bond acceptors (Lipinski definition) is 2. The van der Waals surface area contributed by atoms with Gasteiger partial charge in [-0.3, -0.25) is 4.99 Å². The molecule has 2 nitrogen and oxygen atoms in total. The highest BCUT2D eigenvalue weighted by Gasteiger charge is 2.10. The van der Waals surface area contributed by atoms with Crippen LogP contribution in [0.25, 0.3) is 0 Å². The Kier molecular flexibility index (Phi) is 2.72. The third-order valence-electron chi connectivity index (χ3n) is 2.27. The van der Waals surface area contributed by atoms with Gasteiger partial charge in [0.05, 0.1) is 6.04 Å². The Bertz CT molecular complexity index is 273. The van der Waals surface area contributed by atoms with Crippen LogP contribution in [-0.4, -0.2) is 25.3 Å². The van der Waals surface area contributed by atoms with Gasteiger partial charge in [-0.1, -0.05) is 30.3 Å². The Morgan fingerprint density at radius 2 is 2.15 bits per heavy atom. The average molecular weight is 174 g/mol. The predicted octanol–water partition coefficient (Wildman–Crippen LogP) is 1.47. The number of benzene rings is 1. The highest BCUT2D eigenvalue weighted by atomic mass is 15.0. The topological polar surface area (TPSA) is 24.4 Å². The fourth-order valence-corrected chi connectivity index (χ4v) is 1.50. The van der Waals surface area contributed by atoms with Crippen LogP contribution in [0.5, 0.6) is 0 Å². The average Bonchev–Trinajstić information content (AvgIpc) is 2.69. The summed E-state index contributed by atoms with van der Waals surface area (Å²) < 4.78 is 0. The second kappa shape index (κ2) is 4.19. The van der Waals surface area contributed by atoms with Crippen LogP contribution < -0.4 is 5.32 Å². The van der Waals surface area contributed by atoms with E-state index >= 15 is 0 Å². The summed E-state index contributed by atoms with van der Waals surface area (Å²) >= 11 is 0. The van der Waals surface area contributed by atoms with Gasteiger partial charge in [0.25, 0.3) is 0 Å². The maximum Gasteiger partial charge on any atom is 0.0636 e. The van der Waals surface area contributed by atoms with Crippen molar-refractivity contribution < 1.29 is 0 Å². The quantitative estimate of drug-likeness (QED) is 0.674. The van der Waals surface area contributed by atoms with E-state index in [4.69, 9.17) is 0 Å². The van der Waals surface area contributed by atoms with E-state index in [1.165, 1.54) is 12.0 Å². The zero-order valence-electron chi connectivity index (χ0n) is 7.61. The molecule has 68 valence electrons. The minimum Gasteiger partial charge on any atom is -0.315 e. The van der Waals surface area contributed by atoms with Crippen LogP contribution in [0.3, 0.4) is 0 Å². The molecule has 0 aliphatic carbocycles. The number of nitrogens with zero attached hydrogens (tertiary/aromatic N) is 1. The van der Waals surface area contributed by atoms with Crippen LogP contribution in [0.4, 0.5) is 0 Å². The maximum atomic E-state index is 4.51. The second-order valence-corrected chi connectivity index (χ2v) is 3.34. The summed E-state index contributed by atoms with van der Waals surface area (Å²) in [6.07, 6.45) is 3.14. The van der Waals surface area contributed by atoms with Gasteiger partial charge in [0.1, 0.15) is 0 Å². The minimum atomic E-state index is 0.486. The summed E-state index contributed by atoms with van der Waals surface area (Å²) in [6, 6.07) is 10.7. The van der Waals surface area contributed by atoms with Crippen molar-refractivity contribution in [2.75, 3.05) is 13.1 Å². The van der Waals surface area contributed by atoms with Crippen LogP contribution >= 0.6 is 0 Å². The molecule has 1 aliphatic rings. The Hall–Kier alpha value is -1.15. The first-order chi connectivity index (χ1) is 6.45. The summed E-state index contributed by atoms with van der Waals surface area (Å²) in [5, 5.41) is 3.29. The lowest BCUT2D eigenvalue weighted by Gasteiger charge is -1.99. The van der Waals surface area contributed by atoms with Crippen molar-refractivity contribution in [1.29, 1.82) is 0 Å². The molecule has 2 rings (SSSR count). The molecular weight excluding hydrogens is 160 g/mol. The molecule has 1 unspecified atom stereocenters. The molecule has 1 aromatic rings. The molecule has 1 N–H and O–H groups in total. The normalized spacial score (nSPS) is 22.6. The van der Waals surface area contributed by atoms with Crippen molar-refractivity contribution in [3.05, 3.63) is 35.9 Å². The molecule has 1 fully saturated rings. The minimum absolute atomic E-state index is 0.486. The molecule has 1 aliphatic heterocycles. The molecule has 0 radical (unpaired) electrons. The molecule has 2 heteroatoms. The number of hydrogen-bond donors (Lipinski definition) is 1. The highest BCUT2D eigenvalue weighted by molar-refractivity contribution is 5.79. The summed E-state index contributed by atoms with van der Waals surface area (Å²) in [5.74, 6) is 0. The first-order valence-electron chi connectivity index (χ1n) is 4.74. The van der Waals surface area contributed by atoms with Gasteiger partial charge in [0.15, 0.2) is 0 Å². The van der Waals surface area contributed by atoms with Crippen molar-refractivity contribution in [1.82, 2.24) is 5.32 Å². The fraction of sp³-hybridized carbons (Fsp3) is 0.364. The largest absolute Gasteiger partial charge is 0.315 e. The van der Waals surface area contributed by atoms with Gasteiger partial charge < -0.3 is 5.32 Å². The maximum absolute atomic E-state index is 4.51. The summed E-state index contributed by atoms with van der Waals surface area (Å²) in [5.41, 5.74) is 1.19. The molecule has 0 bridgehead atoms. The molecule has 13 heavy (non-hydrogen) atoms. The van der Waals surface area contributed by atoms with E-state index in [0.717, 1.165) is 13.1 Å². The third-order valence-corrected chi connectivity index (χ3v) is 2.27. The van der Waals surface area contributed by atoms with Crippen molar-refractivity contribution in [2.24, 2.45) is 4.99 Å². The summed E-state index contributed by atoms with van der Waals surface area (Å²) in [6.45, 7) is 2.14. The first kappa shape index (κ1) is 8.45. The molecule has 1 atom stereocenters. The van der Waals surface area contributed by atoms with E-state index in [1.54, 1.807) is 0 Å². The highest BCUT2D eigenvalue weighted by Crippen LogP contribution is 2.03.